The summed E-state index contributed by atoms with van der Waals surface area (Å²) >= 11 is 0. The lowest BCUT2D eigenvalue weighted by Gasteiger charge is -1.90. The molecule has 0 aliphatic heterocycles. The smallest absolute Gasteiger partial charge is 0.165 e. The van der Waals surface area contributed by atoms with E-state index in [4.69, 9.17) is 5.73 Å². The van der Waals surface area contributed by atoms with E-state index in [1.54, 1.807) is 6.92 Å². The molecule has 0 saturated heterocycles. The molecule has 1 aromatic heterocycles. The van der Waals surface area contributed by atoms with E-state index in [-0.39, 0.29) is 11.6 Å². The summed E-state index contributed by atoms with van der Waals surface area (Å²) in [6.45, 7) is 3.23. The number of aromatic amines is 1. The molecule has 0 saturated carbocycles. The fourth-order valence-electron chi connectivity index (χ4n) is 0.892. The summed E-state index contributed by atoms with van der Waals surface area (Å²) in [7, 11) is 0. The van der Waals surface area contributed by atoms with Crippen molar-refractivity contribution < 1.29 is 4.79 Å². The minimum atomic E-state index is -0.0521. The molecule has 0 atom stereocenters. The van der Waals surface area contributed by atoms with Crippen LogP contribution in [0.3, 0.4) is 0 Å². The summed E-state index contributed by atoms with van der Waals surface area (Å²) in [4.78, 5) is 10.8. The predicted octanol–water partition coefficient (Wildman–Crippen LogP) is 0.503. The van der Waals surface area contributed by atoms with Gasteiger partial charge in [0.2, 0.25) is 0 Å². The number of hydrogen-bond acceptors (Lipinski definition) is 3. The third-order valence-electron chi connectivity index (χ3n) is 1.33. The van der Waals surface area contributed by atoms with Gasteiger partial charge in [-0.1, -0.05) is 0 Å². The SMILES string of the molecule is CC(=O)c1c(N)n[nH]c1C. The van der Waals surface area contributed by atoms with E-state index in [1.165, 1.54) is 6.92 Å². The van der Waals surface area contributed by atoms with Gasteiger partial charge in [0.15, 0.2) is 11.6 Å². The molecule has 0 aliphatic rings. The van der Waals surface area contributed by atoms with Gasteiger partial charge in [-0.05, 0) is 13.8 Å². The van der Waals surface area contributed by atoms with Gasteiger partial charge < -0.3 is 5.73 Å². The first-order valence-electron chi connectivity index (χ1n) is 2.94. The number of hydrogen-bond donors (Lipinski definition) is 2. The number of nitrogen functional groups attached to an aromatic ring is 1. The van der Waals surface area contributed by atoms with E-state index < -0.39 is 0 Å². The molecule has 0 fully saturated rings. The van der Waals surface area contributed by atoms with E-state index in [1.807, 2.05) is 0 Å². The van der Waals surface area contributed by atoms with E-state index in [0.29, 0.717) is 5.56 Å². The second kappa shape index (κ2) is 2.13. The van der Waals surface area contributed by atoms with Gasteiger partial charge in [-0.15, -0.1) is 0 Å². The fraction of sp³-hybridized carbons (Fsp3) is 0.333. The molecule has 0 aliphatic carbocycles. The Morgan fingerprint density at radius 1 is 1.70 bits per heavy atom. The van der Waals surface area contributed by atoms with E-state index >= 15 is 0 Å². The number of nitrogens with one attached hydrogen (secondary N) is 1. The van der Waals surface area contributed by atoms with Gasteiger partial charge in [0.25, 0.3) is 0 Å². The molecule has 54 valence electrons. The second-order valence-electron chi connectivity index (χ2n) is 2.17. The van der Waals surface area contributed by atoms with Crippen LogP contribution in [0.5, 0.6) is 0 Å². The van der Waals surface area contributed by atoms with Crippen LogP contribution < -0.4 is 5.73 Å². The molecule has 1 rings (SSSR count). The number of aromatic nitrogens is 2. The van der Waals surface area contributed by atoms with Gasteiger partial charge in [-0.2, -0.15) is 5.10 Å². The van der Waals surface area contributed by atoms with Gasteiger partial charge in [-0.3, -0.25) is 9.89 Å². The zero-order valence-corrected chi connectivity index (χ0v) is 5.93. The highest BCUT2D eigenvalue weighted by Gasteiger charge is 2.10. The van der Waals surface area contributed by atoms with Crippen LogP contribution in [0, 0.1) is 6.92 Å². The molecule has 0 spiro atoms. The minimum absolute atomic E-state index is 0.0521. The topological polar surface area (TPSA) is 71.8 Å². The number of ketones is 1. The summed E-state index contributed by atoms with van der Waals surface area (Å²) in [5, 5.41) is 6.29. The highest BCUT2D eigenvalue weighted by Crippen LogP contribution is 2.11. The highest BCUT2D eigenvalue weighted by molar-refractivity contribution is 5.99. The normalized spacial score (nSPS) is 9.80. The Hall–Kier alpha value is -1.32. The predicted molar refractivity (Wildman–Crippen MR) is 37.7 cm³/mol. The van der Waals surface area contributed by atoms with Gasteiger partial charge in [0.05, 0.1) is 5.56 Å². The molecule has 10 heavy (non-hydrogen) atoms. The first-order valence-corrected chi connectivity index (χ1v) is 2.94. The number of nitrogens with two attached hydrogens (primary N) is 1. The molecule has 4 heteroatoms. The summed E-state index contributed by atoms with van der Waals surface area (Å²) in [6, 6.07) is 0. The van der Waals surface area contributed by atoms with Crippen molar-refractivity contribution >= 4 is 11.6 Å². The average Bonchev–Trinajstić information content (AvgIpc) is 2.11. The molecule has 3 N–H and O–H groups in total. The van der Waals surface area contributed by atoms with Crippen molar-refractivity contribution in [3.05, 3.63) is 11.3 Å². The zero-order valence-electron chi connectivity index (χ0n) is 5.93. The van der Waals surface area contributed by atoms with Crippen LogP contribution in [0.4, 0.5) is 5.82 Å². The second-order valence-corrected chi connectivity index (χ2v) is 2.17. The maximum atomic E-state index is 10.8. The number of H-pyrrole nitrogens is 1. The van der Waals surface area contributed by atoms with Crippen LogP contribution in [0.1, 0.15) is 23.0 Å². The van der Waals surface area contributed by atoms with Crippen molar-refractivity contribution in [3.63, 3.8) is 0 Å². The van der Waals surface area contributed by atoms with Crippen molar-refractivity contribution in [1.29, 1.82) is 0 Å². The average molecular weight is 139 g/mol. The lowest BCUT2D eigenvalue weighted by molar-refractivity contribution is 0.101. The van der Waals surface area contributed by atoms with Crippen molar-refractivity contribution in [2.45, 2.75) is 13.8 Å². The van der Waals surface area contributed by atoms with Gasteiger partial charge in [-0.25, -0.2) is 0 Å². The molecule has 0 bridgehead atoms. The Morgan fingerprint density at radius 2 is 2.30 bits per heavy atom. The highest BCUT2D eigenvalue weighted by atomic mass is 16.1. The fourth-order valence-corrected chi connectivity index (χ4v) is 0.892. The molecule has 0 radical (unpaired) electrons. The maximum absolute atomic E-state index is 10.8. The molecular weight excluding hydrogens is 130 g/mol. The van der Waals surface area contributed by atoms with Crippen molar-refractivity contribution in [3.8, 4) is 0 Å². The van der Waals surface area contributed by atoms with Crippen molar-refractivity contribution in [1.82, 2.24) is 10.2 Å². The Balaban J connectivity index is 3.23. The number of anilines is 1. The maximum Gasteiger partial charge on any atom is 0.165 e. The van der Waals surface area contributed by atoms with E-state index in [2.05, 4.69) is 10.2 Å². The quantitative estimate of drug-likeness (QED) is 0.556. The van der Waals surface area contributed by atoms with Crippen LogP contribution in [-0.2, 0) is 0 Å². The molecule has 0 amide bonds. The van der Waals surface area contributed by atoms with Gasteiger partial charge in [0.1, 0.15) is 0 Å². The first-order chi connectivity index (χ1) is 4.63. The Morgan fingerprint density at radius 3 is 2.50 bits per heavy atom. The Bertz CT molecular complexity index is 244. The largest absolute Gasteiger partial charge is 0.382 e. The molecule has 0 unspecified atom stereocenters. The molecule has 4 nitrogen and oxygen atoms in total. The molecule has 1 heterocycles. The van der Waals surface area contributed by atoms with Crippen molar-refractivity contribution in [2.24, 2.45) is 0 Å². The molecular formula is C6H9N3O. The third kappa shape index (κ3) is 0.877. The monoisotopic (exact) mass is 139 g/mol. The summed E-state index contributed by atoms with van der Waals surface area (Å²) in [6.07, 6.45) is 0. The van der Waals surface area contributed by atoms with Crippen LogP contribution >= 0.6 is 0 Å². The van der Waals surface area contributed by atoms with E-state index in [0.717, 1.165) is 5.69 Å². The van der Waals surface area contributed by atoms with Gasteiger partial charge in [0, 0.05) is 5.69 Å². The standard InChI is InChI=1S/C6H9N3O/c1-3-5(4(2)10)6(7)9-8-3/h1-2H3,(H3,7,8,9). The van der Waals surface area contributed by atoms with Crippen LogP contribution in [0.2, 0.25) is 0 Å². The number of carbonyl (C=O) groups excluding carboxylic acids is 1. The van der Waals surface area contributed by atoms with E-state index in [9.17, 15) is 4.79 Å². The van der Waals surface area contributed by atoms with Crippen LogP contribution in [0.15, 0.2) is 0 Å². The third-order valence-corrected chi connectivity index (χ3v) is 1.33. The van der Waals surface area contributed by atoms with Gasteiger partial charge >= 0.3 is 0 Å². The molecule has 0 aromatic carbocycles. The lowest BCUT2D eigenvalue weighted by Crippen LogP contribution is -1.97. The Labute approximate surface area is 58.4 Å². The number of Topliss-reactive ketones (excluding diaryl/α,β-unsaturated/α-hetero) is 1. The Kier molecular flexibility index (Phi) is 1.45. The number of carbonyl (C=O) groups is 1. The zero-order chi connectivity index (χ0) is 7.72. The molecule has 1 aromatic rings. The summed E-state index contributed by atoms with van der Waals surface area (Å²) in [5.74, 6) is 0.230. The lowest BCUT2D eigenvalue weighted by atomic mass is 10.2. The van der Waals surface area contributed by atoms with Crippen LogP contribution in [-0.4, -0.2) is 16.0 Å². The van der Waals surface area contributed by atoms with Crippen molar-refractivity contribution in [2.75, 3.05) is 5.73 Å². The number of nitrogens with zero attached hydrogens (tertiary/aromatic N) is 1. The number of rotatable bonds is 1. The summed E-state index contributed by atoms with van der Waals surface area (Å²) < 4.78 is 0. The number of aryl methyl sites for hydroxylation is 1. The summed E-state index contributed by atoms with van der Waals surface area (Å²) in [5.41, 5.74) is 6.61. The minimum Gasteiger partial charge on any atom is -0.382 e. The van der Waals surface area contributed by atoms with Crippen LogP contribution in [0.25, 0.3) is 0 Å². The first kappa shape index (κ1) is 6.80.